The Kier molecular flexibility index (Phi) is 5.11. The van der Waals surface area contributed by atoms with Gasteiger partial charge in [-0.2, -0.15) is 0 Å². The van der Waals surface area contributed by atoms with E-state index in [2.05, 4.69) is 10.6 Å². The second-order valence-corrected chi connectivity index (χ2v) is 5.12. The van der Waals surface area contributed by atoms with Gasteiger partial charge in [0.05, 0.1) is 30.3 Å². The van der Waals surface area contributed by atoms with E-state index >= 15 is 0 Å². The summed E-state index contributed by atoms with van der Waals surface area (Å²) in [7, 11) is 1.19. The number of nitro groups is 1. The van der Waals surface area contributed by atoms with E-state index in [-0.39, 0.29) is 29.2 Å². The molecule has 0 aromatic heterocycles. The van der Waals surface area contributed by atoms with Gasteiger partial charge >= 0.3 is 12.0 Å². The predicted molar refractivity (Wildman–Crippen MR) is 82.8 cm³/mol. The molecule has 1 aliphatic rings. The quantitative estimate of drug-likeness (QED) is 0.455. The SMILES string of the molecule is CCOC(=O)C1=C(C)NC(=O)N[C@@H]1c1cc(OC)c([O-])c([N+](=O)[O-])c1. The molecule has 10 nitrogen and oxygen atoms in total. The number of ether oxygens (including phenoxy) is 2. The van der Waals surface area contributed by atoms with Gasteiger partial charge in [-0.05, 0) is 25.5 Å². The topological polar surface area (TPSA) is 143 Å². The second kappa shape index (κ2) is 7.07. The highest BCUT2D eigenvalue weighted by Crippen LogP contribution is 2.39. The monoisotopic (exact) mass is 350 g/mol. The summed E-state index contributed by atoms with van der Waals surface area (Å²) in [6, 6.07) is 0.635. The lowest BCUT2D eigenvalue weighted by atomic mass is 9.94. The zero-order valence-corrected chi connectivity index (χ0v) is 13.7. The first-order valence-electron chi connectivity index (χ1n) is 7.28. The first kappa shape index (κ1) is 18.0. The van der Waals surface area contributed by atoms with E-state index in [9.17, 15) is 24.8 Å². The molecular weight excluding hydrogens is 334 g/mol. The minimum Gasteiger partial charge on any atom is -0.865 e. The maximum Gasteiger partial charge on any atom is 0.338 e. The maximum absolute atomic E-state index is 12.2. The molecule has 0 fully saturated rings. The molecule has 25 heavy (non-hydrogen) atoms. The summed E-state index contributed by atoms with van der Waals surface area (Å²) in [5.74, 6) is -1.85. The fourth-order valence-corrected chi connectivity index (χ4v) is 2.49. The van der Waals surface area contributed by atoms with E-state index in [1.54, 1.807) is 6.92 Å². The molecule has 1 aliphatic heterocycles. The molecule has 1 aromatic rings. The van der Waals surface area contributed by atoms with Crippen LogP contribution in [0.2, 0.25) is 0 Å². The number of nitro benzene ring substituents is 1. The summed E-state index contributed by atoms with van der Waals surface area (Å²) < 4.78 is 9.87. The lowest BCUT2D eigenvalue weighted by Gasteiger charge is -2.28. The van der Waals surface area contributed by atoms with Crippen LogP contribution in [0.5, 0.6) is 11.5 Å². The Labute approximate surface area is 142 Å². The maximum atomic E-state index is 12.2. The smallest absolute Gasteiger partial charge is 0.338 e. The average Bonchev–Trinajstić information content (AvgIpc) is 2.54. The van der Waals surface area contributed by atoms with Crippen molar-refractivity contribution in [3.05, 3.63) is 39.1 Å². The van der Waals surface area contributed by atoms with Gasteiger partial charge in [-0.15, -0.1) is 0 Å². The zero-order valence-electron chi connectivity index (χ0n) is 13.7. The van der Waals surface area contributed by atoms with Gasteiger partial charge in [-0.25, -0.2) is 9.59 Å². The number of hydrogen-bond donors (Lipinski definition) is 2. The number of allylic oxidation sites excluding steroid dienone is 1. The number of urea groups is 1. The van der Waals surface area contributed by atoms with Crippen LogP contribution in [-0.4, -0.2) is 30.6 Å². The zero-order chi connectivity index (χ0) is 18.7. The molecule has 0 aliphatic carbocycles. The number of benzene rings is 1. The van der Waals surface area contributed by atoms with Crippen molar-refractivity contribution in [3.63, 3.8) is 0 Å². The lowest BCUT2D eigenvalue weighted by Crippen LogP contribution is -2.45. The standard InChI is InChI=1S/C15H17N3O7/c1-4-25-14(20)11-7(2)16-15(21)17-12(11)8-5-9(18(22)23)13(19)10(6-8)24-3/h5-6,12,19H,4H2,1-3H3,(H2,16,17,21)/p-1/t12-/m1/s1. The van der Waals surface area contributed by atoms with Crippen LogP contribution in [0.4, 0.5) is 10.5 Å². The molecule has 1 heterocycles. The number of amides is 2. The number of esters is 1. The molecule has 0 radical (unpaired) electrons. The third-order valence-corrected chi connectivity index (χ3v) is 3.57. The van der Waals surface area contributed by atoms with Crippen molar-refractivity contribution in [1.82, 2.24) is 10.6 Å². The molecule has 2 rings (SSSR count). The molecule has 1 atom stereocenters. The molecule has 0 saturated heterocycles. The van der Waals surface area contributed by atoms with Gasteiger partial charge in [0.2, 0.25) is 0 Å². The highest BCUT2D eigenvalue weighted by Gasteiger charge is 2.33. The van der Waals surface area contributed by atoms with Crippen LogP contribution in [0.25, 0.3) is 0 Å². The second-order valence-electron chi connectivity index (χ2n) is 5.12. The van der Waals surface area contributed by atoms with Crippen LogP contribution >= 0.6 is 0 Å². The third-order valence-electron chi connectivity index (χ3n) is 3.57. The van der Waals surface area contributed by atoms with Gasteiger partial charge in [0, 0.05) is 17.5 Å². The van der Waals surface area contributed by atoms with E-state index in [0.717, 1.165) is 6.07 Å². The highest BCUT2D eigenvalue weighted by atomic mass is 16.6. The van der Waals surface area contributed by atoms with Crippen molar-refractivity contribution in [3.8, 4) is 11.5 Å². The predicted octanol–water partition coefficient (Wildman–Crippen LogP) is 0.868. The Morgan fingerprint density at radius 2 is 2.08 bits per heavy atom. The Bertz CT molecular complexity index is 773. The van der Waals surface area contributed by atoms with Crippen LogP contribution in [0.3, 0.4) is 0 Å². The van der Waals surface area contributed by atoms with Crippen LogP contribution in [0.1, 0.15) is 25.5 Å². The molecule has 2 N–H and O–H groups in total. The fourth-order valence-electron chi connectivity index (χ4n) is 2.49. The third kappa shape index (κ3) is 3.47. The molecule has 0 bridgehead atoms. The average molecular weight is 350 g/mol. The largest absolute Gasteiger partial charge is 0.865 e. The Hall–Kier alpha value is -3.30. The number of carbonyl (C=O) groups excluding carboxylic acids is 2. The molecular formula is C15H16N3O7-. The van der Waals surface area contributed by atoms with Gasteiger partial charge in [0.1, 0.15) is 5.75 Å². The summed E-state index contributed by atoms with van der Waals surface area (Å²) in [4.78, 5) is 34.3. The van der Waals surface area contributed by atoms with E-state index in [4.69, 9.17) is 9.47 Å². The summed E-state index contributed by atoms with van der Waals surface area (Å²) >= 11 is 0. The normalized spacial score (nSPS) is 16.8. The molecule has 0 spiro atoms. The Balaban J connectivity index is 2.62. The van der Waals surface area contributed by atoms with E-state index < -0.39 is 34.4 Å². The number of nitrogens with zero attached hydrogens (tertiary/aromatic N) is 1. The highest BCUT2D eigenvalue weighted by molar-refractivity contribution is 5.95. The summed E-state index contributed by atoms with van der Waals surface area (Å²) in [5.41, 5.74) is -0.236. The van der Waals surface area contributed by atoms with Crippen LogP contribution < -0.4 is 20.5 Å². The van der Waals surface area contributed by atoms with Crippen LogP contribution in [0.15, 0.2) is 23.4 Å². The minimum atomic E-state index is -1.03. The fraction of sp³-hybridized carbons (Fsp3) is 0.333. The van der Waals surface area contributed by atoms with Gasteiger partial charge in [0.15, 0.2) is 0 Å². The molecule has 10 heteroatoms. The molecule has 1 aromatic carbocycles. The molecule has 0 unspecified atom stereocenters. The van der Waals surface area contributed by atoms with Crippen molar-refractivity contribution in [2.45, 2.75) is 19.9 Å². The number of rotatable bonds is 5. The van der Waals surface area contributed by atoms with Crippen LogP contribution in [0, 0.1) is 10.1 Å². The van der Waals surface area contributed by atoms with Crippen molar-refractivity contribution in [2.75, 3.05) is 13.7 Å². The first-order chi connectivity index (χ1) is 11.8. The van der Waals surface area contributed by atoms with Gasteiger partial charge in [-0.1, -0.05) is 0 Å². The molecule has 134 valence electrons. The van der Waals surface area contributed by atoms with Gasteiger partial charge < -0.3 is 25.2 Å². The van der Waals surface area contributed by atoms with E-state index in [0.29, 0.717) is 0 Å². The van der Waals surface area contributed by atoms with E-state index in [1.807, 2.05) is 0 Å². The summed E-state index contributed by atoms with van der Waals surface area (Å²) in [6.07, 6.45) is 0. The number of carbonyl (C=O) groups is 2. The van der Waals surface area contributed by atoms with Crippen molar-refractivity contribution in [2.24, 2.45) is 0 Å². The number of methoxy groups -OCH3 is 1. The minimum absolute atomic E-state index is 0.0800. The summed E-state index contributed by atoms with van der Waals surface area (Å²) in [6.45, 7) is 3.24. The lowest BCUT2D eigenvalue weighted by molar-refractivity contribution is -0.398. The Morgan fingerprint density at radius 3 is 2.64 bits per heavy atom. The van der Waals surface area contributed by atoms with Crippen molar-refractivity contribution < 1.29 is 29.1 Å². The van der Waals surface area contributed by atoms with Gasteiger partial charge in [0.25, 0.3) is 5.69 Å². The van der Waals surface area contributed by atoms with Crippen molar-refractivity contribution in [1.29, 1.82) is 0 Å². The Morgan fingerprint density at radius 1 is 1.40 bits per heavy atom. The van der Waals surface area contributed by atoms with E-state index in [1.165, 1.54) is 20.1 Å². The van der Waals surface area contributed by atoms with Crippen LogP contribution in [-0.2, 0) is 9.53 Å². The first-order valence-corrected chi connectivity index (χ1v) is 7.28. The molecule has 0 saturated carbocycles. The van der Waals surface area contributed by atoms with Crippen molar-refractivity contribution >= 4 is 17.7 Å². The summed E-state index contributed by atoms with van der Waals surface area (Å²) in [5, 5.41) is 28.0. The molecule has 2 amide bonds. The number of hydrogen-bond acceptors (Lipinski definition) is 7. The number of nitrogens with one attached hydrogen (secondary N) is 2. The van der Waals surface area contributed by atoms with Gasteiger partial charge in [-0.3, -0.25) is 10.1 Å².